The highest BCUT2D eigenvalue weighted by Gasteiger charge is 2.45. The molecular formula is C24H48NO5PSi. The highest BCUT2D eigenvalue weighted by Crippen LogP contribution is 2.54. The monoisotopic (exact) mass is 489 g/mol. The minimum atomic E-state index is -3.28. The number of allylic oxidation sites excluding steroid dienone is 2. The summed E-state index contributed by atoms with van der Waals surface area (Å²) >= 11 is 0. The fourth-order valence-corrected chi connectivity index (χ4v) is 6.75. The quantitative estimate of drug-likeness (QED) is 0.143. The molecule has 0 radical (unpaired) electrons. The van der Waals surface area contributed by atoms with Crippen molar-refractivity contribution in [3.63, 3.8) is 0 Å². The third-order valence-corrected chi connectivity index (χ3v) is 13.6. The van der Waals surface area contributed by atoms with Crippen LogP contribution in [0.15, 0.2) is 17.3 Å². The largest absolute Gasteiger partial charge is 0.410 e. The third kappa shape index (κ3) is 8.39. The van der Waals surface area contributed by atoms with E-state index in [0.717, 1.165) is 25.0 Å². The van der Waals surface area contributed by atoms with E-state index in [-0.39, 0.29) is 17.2 Å². The van der Waals surface area contributed by atoms with E-state index in [9.17, 15) is 4.57 Å². The van der Waals surface area contributed by atoms with Gasteiger partial charge in [0.15, 0.2) is 14.4 Å². The van der Waals surface area contributed by atoms with Crippen molar-refractivity contribution in [1.82, 2.24) is 0 Å². The van der Waals surface area contributed by atoms with Gasteiger partial charge in [-0.15, -0.1) is 0 Å². The van der Waals surface area contributed by atoms with Gasteiger partial charge < -0.3 is 18.3 Å². The second-order valence-corrected chi connectivity index (χ2v) is 17.5. The van der Waals surface area contributed by atoms with Crippen molar-refractivity contribution in [2.75, 3.05) is 13.2 Å². The van der Waals surface area contributed by atoms with Crippen molar-refractivity contribution in [1.29, 1.82) is 0 Å². The first kappa shape index (κ1) is 29.6. The maximum atomic E-state index is 13.2. The smallest absolute Gasteiger partial charge is 0.339 e. The van der Waals surface area contributed by atoms with Crippen LogP contribution in [0.25, 0.3) is 0 Å². The molecule has 0 aromatic heterocycles. The van der Waals surface area contributed by atoms with E-state index in [1.807, 2.05) is 20.8 Å². The Balaban J connectivity index is 2.95. The number of hydrogen-bond acceptors (Lipinski definition) is 6. The highest BCUT2D eigenvalue weighted by atomic mass is 31.2. The van der Waals surface area contributed by atoms with Gasteiger partial charge in [-0.25, -0.2) is 0 Å². The fourth-order valence-electron chi connectivity index (χ4n) is 3.61. The molecule has 0 N–H and O–H groups in total. The summed E-state index contributed by atoms with van der Waals surface area (Å²) in [5.74, 6) is 0.549. The van der Waals surface area contributed by atoms with Crippen LogP contribution in [0.1, 0.15) is 81.1 Å². The molecule has 0 bridgehead atoms. The molecule has 1 aliphatic heterocycles. The number of rotatable bonds is 14. The van der Waals surface area contributed by atoms with Crippen LogP contribution in [0.5, 0.6) is 0 Å². The lowest BCUT2D eigenvalue weighted by Crippen LogP contribution is -2.47. The molecule has 8 heteroatoms. The molecule has 32 heavy (non-hydrogen) atoms. The van der Waals surface area contributed by atoms with Gasteiger partial charge in [0, 0.05) is 6.42 Å². The molecule has 1 aliphatic rings. The van der Waals surface area contributed by atoms with Gasteiger partial charge >= 0.3 is 7.60 Å². The first-order chi connectivity index (χ1) is 14.8. The summed E-state index contributed by atoms with van der Waals surface area (Å²) in [4.78, 5) is 5.90. The summed E-state index contributed by atoms with van der Waals surface area (Å²) in [5, 5.41) is 4.45. The molecule has 0 aromatic carbocycles. The highest BCUT2D eigenvalue weighted by molar-refractivity contribution is 7.55. The van der Waals surface area contributed by atoms with E-state index < -0.39 is 21.6 Å². The average molecular weight is 490 g/mol. The van der Waals surface area contributed by atoms with Crippen molar-refractivity contribution in [3.8, 4) is 0 Å². The van der Waals surface area contributed by atoms with Crippen LogP contribution in [-0.4, -0.2) is 45.1 Å². The molecule has 0 saturated carbocycles. The third-order valence-electron chi connectivity index (χ3n) is 6.63. The predicted octanol–water partition coefficient (Wildman–Crippen LogP) is 7.56. The maximum absolute atomic E-state index is 13.2. The predicted molar refractivity (Wildman–Crippen MR) is 137 cm³/mol. The van der Waals surface area contributed by atoms with Gasteiger partial charge in [-0.1, -0.05) is 51.4 Å². The van der Waals surface area contributed by atoms with Crippen LogP contribution in [-0.2, 0) is 22.9 Å². The Kier molecular flexibility index (Phi) is 11.9. The molecule has 6 nitrogen and oxygen atoms in total. The van der Waals surface area contributed by atoms with E-state index in [0.29, 0.717) is 25.6 Å². The zero-order valence-electron chi connectivity index (χ0n) is 22.1. The van der Waals surface area contributed by atoms with Crippen LogP contribution in [0.2, 0.25) is 18.1 Å². The van der Waals surface area contributed by atoms with Gasteiger partial charge in [0.05, 0.1) is 25.0 Å². The maximum Gasteiger partial charge on any atom is 0.339 e. The van der Waals surface area contributed by atoms with Crippen molar-refractivity contribution < 1.29 is 22.9 Å². The molecule has 0 fully saturated rings. The van der Waals surface area contributed by atoms with Crippen LogP contribution in [0.4, 0.5) is 0 Å². The van der Waals surface area contributed by atoms with Crippen molar-refractivity contribution in [2.45, 2.75) is 117 Å². The number of nitrogens with zero attached hydrogens (tertiary/aromatic N) is 1. The molecule has 0 spiro atoms. The minimum absolute atomic E-state index is 0.0410. The SMILES string of the molecule is C/C=C\[C@@H](C)CCC[C@@H](O[Si](C)(C)C(C)(C)C)[C@H]1CC(C(C)P(=O)(OCC)OCC)=NO1. The fraction of sp³-hybridized carbons (Fsp3) is 0.875. The van der Waals surface area contributed by atoms with E-state index in [2.05, 4.69) is 65.0 Å². The van der Waals surface area contributed by atoms with E-state index >= 15 is 0 Å². The van der Waals surface area contributed by atoms with Gasteiger partial charge in [-0.2, -0.15) is 0 Å². The summed E-state index contributed by atoms with van der Waals surface area (Å²) in [7, 11) is -5.26. The molecule has 4 atom stereocenters. The molecule has 0 saturated heterocycles. The molecule has 1 heterocycles. The summed E-state index contributed by atoms with van der Waals surface area (Å²) in [5.41, 5.74) is 0.307. The van der Waals surface area contributed by atoms with E-state index in [1.165, 1.54) is 0 Å². The minimum Gasteiger partial charge on any atom is -0.410 e. The van der Waals surface area contributed by atoms with Gasteiger partial charge in [0.2, 0.25) is 0 Å². The van der Waals surface area contributed by atoms with Gasteiger partial charge in [-0.3, -0.25) is 4.57 Å². The number of hydrogen-bond donors (Lipinski definition) is 0. The van der Waals surface area contributed by atoms with Crippen molar-refractivity contribution in [3.05, 3.63) is 12.2 Å². The lowest BCUT2D eigenvalue weighted by atomic mass is 9.98. The molecule has 0 amide bonds. The lowest BCUT2D eigenvalue weighted by molar-refractivity contribution is -0.0151. The van der Waals surface area contributed by atoms with Crippen LogP contribution < -0.4 is 0 Å². The first-order valence-electron chi connectivity index (χ1n) is 12.2. The topological polar surface area (TPSA) is 66.4 Å². The zero-order chi connectivity index (χ0) is 24.6. The molecule has 0 aliphatic carbocycles. The standard InChI is InChI=1S/C24H48NO5PSi/c1-11-15-19(4)16-14-17-22(30-32(9,10)24(6,7)8)23-18-21(25-29-23)20(5)31(26,27-12-2)28-13-3/h11,15,19-20,22-23H,12-14,16-18H2,1-10H3/b15-11-/t19-,20?,22-,23-/m1/s1. The van der Waals surface area contributed by atoms with Crippen molar-refractivity contribution in [2.24, 2.45) is 11.1 Å². The summed E-state index contributed by atoms with van der Waals surface area (Å²) < 4.78 is 31.2. The Bertz CT molecular complexity index is 664. The second-order valence-electron chi connectivity index (χ2n) is 10.3. The molecule has 1 rings (SSSR count). The Labute approximate surface area is 198 Å². The lowest BCUT2D eigenvalue weighted by Gasteiger charge is -2.40. The van der Waals surface area contributed by atoms with Gasteiger partial charge in [0.25, 0.3) is 0 Å². The normalized spacial score (nSPS) is 20.8. The molecule has 188 valence electrons. The van der Waals surface area contributed by atoms with E-state index in [4.69, 9.17) is 18.3 Å². The summed E-state index contributed by atoms with van der Waals surface area (Å²) in [6, 6.07) is 0. The second kappa shape index (κ2) is 12.8. The average Bonchev–Trinajstić information content (AvgIpc) is 3.16. The summed E-state index contributed by atoms with van der Waals surface area (Å²) in [6.07, 6.45) is 7.84. The zero-order valence-corrected chi connectivity index (χ0v) is 24.0. The van der Waals surface area contributed by atoms with Crippen molar-refractivity contribution >= 4 is 21.6 Å². The molecule has 0 aromatic rings. The van der Waals surface area contributed by atoms with Gasteiger partial charge in [0.1, 0.15) is 5.66 Å². The molecular weight excluding hydrogens is 441 g/mol. The Hall–Kier alpha value is -0.463. The Morgan fingerprint density at radius 1 is 1.19 bits per heavy atom. The molecule has 1 unspecified atom stereocenters. The van der Waals surface area contributed by atoms with E-state index in [1.54, 1.807) is 0 Å². The Morgan fingerprint density at radius 2 is 1.78 bits per heavy atom. The summed E-state index contributed by atoms with van der Waals surface area (Å²) in [6.45, 7) is 21.8. The van der Waals surface area contributed by atoms with Crippen LogP contribution in [0, 0.1) is 5.92 Å². The number of oxime groups is 1. The first-order valence-corrected chi connectivity index (χ1v) is 16.7. The Morgan fingerprint density at radius 3 is 2.28 bits per heavy atom. The van der Waals surface area contributed by atoms with Gasteiger partial charge in [-0.05, 0) is 64.6 Å². The van der Waals surface area contributed by atoms with Crippen LogP contribution in [0.3, 0.4) is 0 Å². The van der Waals surface area contributed by atoms with Crippen LogP contribution >= 0.6 is 7.60 Å².